The van der Waals surface area contributed by atoms with Gasteiger partial charge >= 0.3 is 12.1 Å². The molecule has 0 aliphatic rings. The molecule has 7 nitrogen and oxygen atoms in total. The second kappa shape index (κ2) is 11.6. The van der Waals surface area contributed by atoms with Crippen molar-refractivity contribution in [3.8, 4) is 11.8 Å². The van der Waals surface area contributed by atoms with E-state index in [1.165, 1.54) is 0 Å². The van der Waals surface area contributed by atoms with E-state index in [0.29, 0.717) is 0 Å². The fourth-order valence-electron chi connectivity index (χ4n) is 2.76. The van der Waals surface area contributed by atoms with Crippen LogP contribution in [-0.2, 0) is 20.7 Å². The summed E-state index contributed by atoms with van der Waals surface area (Å²) in [6.45, 7) is 5.14. The van der Waals surface area contributed by atoms with E-state index in [1.807, 2.05) is 60.7 Å². The average molecular weight is 437 g/mol. The SMILES string of the molecule is CC(C)(C)OC(=O)N[C@H](Cc1ccccc1)C(=O)N[C@H](CC#Cc1ccccc1)C(=O)O. The van der Waals surface area contributed by atoms with Gasteiger partial charge in [-0.25, -0.2) is 9.59 Å². The van der Waals surface area contributed by atoms with Crippen molar-refractivity contribution >= 4 is 18.0 Å². The van der Waals surface area contributed by atoms with E-state index in [2.05, 4.69) is 22.5 Å². The zero-order valence-corrected chi connectivity index (χ0v) is 18.4. The summed E-state index contributed by atoms with van der Waals surface area (Å²) < 4.78 is 5.25. The molecular formula is C25H28N2O5. The van der Waals surface area contributed by atoms with Gasteiger partial charge in [0, 0.05) is 18.4 Å². The Morgan fingerprint density at radius 2 is 1.53 bits per heavy atom. The van der Waals surface area contributed by atoms with Crippen molar-refractivity contribution in [3.05, 3.63) is 71.8 Å². The minimum Gasteiger partial charge on any atom is -0.480 e. The Kier molecular flexibility index (Phi) is 8.84. The number of hydrogen-bond acceptors (Lipinski definition) is 4. The Bertz CT molecular complexity index is 972. The number of carboxylic acids is 1. The van der Waals surface area contributed by atoms with Gasteiger partial charge in [-0.3, -0.25) is 4.79 Å². The van der Waals surface area contributed by atoms with Crippen LogP contribution in [0.5, 0.6) is 0 Å². The lowest BCUT2D eigenvalue weighted by atomic mass is 10.0. The highest BCUT2D eigenvalue weighted by Gasteiger charge is 2.28. The van der Waals surface area contributed by atoms with Crippen molar-refractivity contribution < 1.29 is 24.2 Å². The number of ether oxygens (including phenoxy) is 1. The normalized spacial score (nSPS) is 12.5. The first kappa shape index (κ1) is 24.5. The molecule has 32 heavy (non-hydrogen) atoms. The fraction of sp³-hybridized carbons (Fsp3) is 0.320. The Morgan fingerprint density at radius 1 is 0.938 bits per heavy atom. The summed E-state index contributed by atoms with van der Waals surface area (Å²) in [7, 11) is 0. The first-order valence-corrected chi connectivity index (χ1v) is 10.2. The number of hydrogen-bond donors (Lipinski definition) is 3. The van der Waals surface area contributed by atoms with Gasteiger partial charge in [0.1, 0.15) is 17.7 Å². The summed E-state index contributed by atoms with van der Waals surface area (Å²) >= 11 is 0. The number of carbonyl (C=O) groups excluding carboxylic acids is 2. The molecular weight excluding hydrogens is 408 g/mol. The van der Waals surface area contributed by atoms with Crippen molar-refractivity contribution in [1.82, 2.24) is 10.6 Å². The van der Waals surface area contributed by atoms with Gasteiger partial charge in [-0.2, -0.15) is 0 Å². The van der Waals surface area contributed by atoms with Crippen LogP contribution in [0.2, 0.25) is 0 Å². The first-order valence-electron chi connectivity index (χ1n) is 10.2. The van der Waals surface area contributed by atoms with E-state index in [9.17, 15) is 19.5 Å². The van der Waals surface area contributed by atoms with Crippen LogP contribution in [0.15, 0.2) is 60.7 Å². The molecule has 0 aliphatic heterocycles. The van der Waals surface area contributed by atoms with Gasteiger partial charge < -0.3 is 20.5 Å². The van der Waals surface area contributed by atoms with Gasteiger partial charge in [-0.05, 0) is 38.5 Å². The van der Waals surface area contributed by atoms with Crippen LogP contribution >= 0.6 is 0 Å². The molecule has 0 heterocycles. The van der Waals surface area contributed by atoms with E-state index in [4.69, 9.17) is 4.74 Å². The summed E-state index contributed by atoms with van der Waals surface area (Å²) in [5.41, 5.74) is 0.810. The standard InChI is InChI=1S/C25H28N2O5/c1-25(2,3)32-24(31)27-21(17-19-13-8-5-9-14-19)22(28)26-20(23(29)30)16-10-15-18-11-6-4-7-12-18/h4-9,11-14,20-21H,16-17H2,1-3H3,(H,26,28)(H,27,31)(H,29,30)/t20-,21-/m1/s1. The minimum atomic E-state index is -1.22. The van der Waals surface area contributed by atoms with E-state index >= 15 is 0 Å². The molecule has 0 saturated carbocycles. The quantitative estimate of drug-likeness (QED) is 0.579. The molecule has 0 spiro atoms. The van der Waals surface area contributed by atoms with E-state index in [0.717, 1.165) is 11.1 Å². The number of alkyl carbamates (subject to hydrolysis) is 1. The number of nitrogens with one attached hydrogen (secondary N) is 2. The van der Waals surface area contributed by atoms with Gasteiger partial charge in [0.25, 0.3) is 0 Å². The number of rotatable bonds is 7. The van der Waals surface area contributed by atoms with Crippen LogP contribution in [-0.4, -0.2) is 40.8 Å². The maximum absolute atomic E-state index is 12.9. The smallest absolute Gasteiger partial charge is 0.408 e. The molecule has 168 valence electrons. The first-order chi connectivity index (χ1) is 15.1. The Labute approximate surface area is 188 Å². The molecule has 0 saturated heterocycles. The van der Waals surface area contributed by atoms with Crippen molar-refractivity contribution in [2.24, 2.45) is 0 Å². The van der Waals surface area contributed by atoms with Crippen LogP contribution in [0, 0.1) is 11.8 Å². The maximum Gasteiger partial charge on any atom is 0.408 e. The third-order valence-electron chi connectivity index (χ3n) is 4.22. The lowest BCUT2D eigenvalue weighted by molar-refractivity contribution is -0.141. The molecule has 2 aromatic carbocycles. The van der Waals surface area contributed by atoms with Crippen LogP contribution < -0.4 is 10.6 Å². The molecule has 0 radical (unpaired) electrons. The van der Waals surface area contributed by atoms with Gasteiger partial charge in [-0.1, -0.05) is 60.4 Å². The topological polar surface area (TPSA) is 105 Å². The fourth-order valence-corrected chi connectivity index (χ4v) is 2.76. The summed E-state index contributed by atoms with van der Waals surface area (Å²) in [4.78, 5) is 36.8. The molecule has 2 rings (SSSR count). The lowest BCUT2D eigenvalue weighted by Gasteiger charge is -2.24. The summed E-state index contributed by atoms with van der Waals surface area (Å²) in [5.74, 6) is 3.82. The monoisotopic (exact) mass is 436 g/mol. The molecule has 0 fully saturated rings. The van der Waals surface area contributed by atoms with Gasteiger partial charge in [-0.15, -0.1) is 0 Å². The zero-order valence-electron chi connectivity index (χ0n) is 18.4. The molecule has 2 aromatic rings. The lowest BCUT2D eigenvalue weighted by Crippen LogP contribution is -2.53. The number of carbonyl (C=O) groups is 3. The summed E-state index contributed by atoms with van der Waals surface area (Å²) in [6, 6.07) is 16.0. The van der Waals surface area contributed by atoms with Crippen LogP contribution in [0.3, 0.4) is 0 Å². The Hall–Kier alpha value is -3.79. The number of benzene rings is 2. The van der Waals surface area contributed by atoms with Crippen molar-refractivity contribution in [2.45, 2.75) is 51.3 Å². The van der Waals surface area contributed by atoms with Crippen molar-refractivity contribution in [2.75, 3.05) is 0 Å². The molecule has 0 aromatic heterocycles. The number of carboxylic acid groups (broad SMARTS) is 1. The van der Waals surface area contributed by atoms with Crippen LogP contribution in [0.4, 0.5) is 4.79 Å². The van der Waals surface area contributed by atoms with E-state index < -0.39 is 35.7 Å². The van der Waals surface area contributed by atoms with Crippen molar-refractivity contribution in [1.29, 1.82) is 0 Å². The van der Waals surface area contributed by atoms with Gasteiger partial charge in [0.2, 0.25) is 5.91 Å². The molecule has 2 atom stereocenters. The molecule has 0 aliphatic carbocycles. The highest BCUT2D eigenvalue weighted by Crippen LogP contribution is 2.09. The second-order valence-corrected chi connectivity index (χ2v) is 8.16. The summed E-state index contributed by atoms with van der Waals surface area (Å²) in [5, 5.41) is 14.6. The molecule has 0 bridgehead atoms. The number of amides is 2. The minimum absolute atomic E-state index is 0.0829. The molecule has 0 unspecified atom stereocenters. The predicted molar refractivity (Wildman–Crippen MR) is 121 cm³/mol. The largest absolute Gasteiger partial charge is 0.480 e. The second-order valence-electron chi connectivity index (χ2n) is 8.16. The highest BCUT2D eigenvalue weighted by molar-refractivity contribution is 5.89. The average Bonchev–Trinajstić information content (AvgIpc) is 2.72. The Balaban J connectivity index is 2.11. The van der Waals surface area contributed by atoms with Crippen LogP contribution in [0.1, 0.15) is 38.3 Å². The molecule has 2 amide bonds. The molecule has 3 N–H and O–H groups in total. The highest BCUT2D eigenvalue weighted by atomic mass is 16.6. The van der Waals surface area contributed by atoms with E-state index in [1.54, 1.807) is 20.8 Å². The Morgan fingerprint density at radius 3 is 2.09 bits per heavy atom. The van der Waals surface area contributed by atoms with Gasteiger partial charge in [0.15, 0.2) is 0 Å². The third-order valence-corrected chi connectivity index (χ3v) is 4.22. The van der Waals surface area contributed by atoms with Crippen LogP contribution in [0.25, 0.3) is 0 Å². The van der Waals surface area contributed by atoms with Gasteiger partial charge in [0.05, 0.1) is 0 Å². The summed E-state index contributed by atoms with van der Waals surface area (Å²) in [6.07, 6.45) is -0.668. The third kappa shape index (κ3) is 8.92. The zero-order chi connectivity index (χ0) is 23.6. The number of aliphatic carboxylic acids is 1. The van der Waals surface area contributed by atoms with Crippen molar-refractivity contribution in [3.63, 3.8) is 0 Å². The maximum atomic E-state index is 12.9. The van der Waals surface area contributed by atoms with E-state index in [-0.39, 0.29) is 12.8 Å². The predicted octanol–water partition coefficient (Wildman–Crippen LogP) is 3.13. The molecule has 7 heteroatoms.